The smallest absolute Gasteiger partial charge is 0.196 e. The molecule has 2 N–H and O–H groups in total. The summed E-state index contributed by atoms with van der Waals surface area (Å²) in [7, 11) is 0. The van der Waals surface area contributed by atoms with Gasteiger partial charge in [-0.25, -0.2) is 0 Å². The summed E-state index contributed by atoms with van der Waals surface area (Å²) in [5, 5.41) is 0. The number of aliphatic imine (C=N–C) groups is 1. The van der Waals surface area contributed by atoms with Crippen LogP contribution in [0.25, 0.3) is 0 Å². The van der Waals surface area contributed by atoms with Crippen LogP contribution < -0.4 is 10.6 Å². The number of hydrogen-bond acceptors (Lipinski definition) is 3. The number of hydrogen-bond donors (Lipinski definition) is 1. The average Bonchev–Trinajstić information content (AvgIpc) is 3.07. The predicted octanol–water partition coefficient (Wildman–Crippen LogP) is 3.14. The van der Waals surface area contributed by atoms with Crippen LogP contribution in [0.15, 0.2) is 33.7 Å². The molecule has 3 unspecified atom stereocenters. The lowest BCUT2D eigenvalue weighted by molar-refractivity contribution is 0.293. The second-order valence-electron chi connectivity index (χ2n) is 6.17. The van der Waals surface area contributed by atoms with Crippen molar-refractivity contribution in [2.75, 3.05) is 11.4 Å². The fourth-order valence-corrected chi connectivity index (χ4v) is 4.71. The van der Waals surface area contributed by atoms with Crippen LogP contribution in [0.1, 0.15) is 25.7 Å². The fraction of sp³-hybridized carbons (Fsp3) is 0.533. The van der Waals surface area contributed by atoms with E-state index in [-0.39, 0.29) is 5.54 Å². The van der Waals surface area contributed by atoms with Gasteiger partial charge in [0, 0.05) is 10.2 Å². The van der Waals surface area contributed by atoms with Gasteiger partial charge >= 0.3 is 0 Å². The number of benzene rings is 1. The molecule has 100 valence electrons. The van der Waals surface area contributed by atoms with Crippen LogP contribution in [0.4, 0.5) is 5.69 Å². The molecule has 1 aliphatic heterocycles. The zero-order valence-electron chi connectivity index (χ0n) is 10.8. The Bertz CT molecular complexity index is 539. The lowest BCUT2D eigenvalue weighted by Gasteiger charge is -2.42. The monoisotopic (exact) mass is 319 g/mol. The van der Waals surface area contributed by atoms with Gasteiger partial charge in [-0.15, -0.1) is 0 Å². The summed E-state index contributed by atoms with van der Waals surface area (Å²) in [6.45, 7) is 0.885. The summed E-state index contributed by atoms with van der Waals surface area (Å²) in [6, 6.07) is 8.46. The first-order valence-electron chi connectivity index (χ1n) is 7.05. The predicted molar refractivity (Wildman–Crippen MR) is 81.3 cm³/mol. The topological polar surface area (TPSA) is 41.6 Å². The van der Waals surface area contributed by atoms with Crippen LogP contribution in [0.2, 0.25) is 0 Å². The van der Waals surface area contributed by atoms with Crippen LogP contribution in [0, 0.1) is 11.8 Å². The summed E-state index contributed by atoms with van der Waals surface area (Å²) in [5.74, 6) is 2.37. The molecule has 2 aliphatic carbocycles. The maximum absolute atomic E-state index is 6.20. The number of guanidine groups is 1. The minimum atomic E-state index is 0.181. The van der Waals surface area contributed by atoms with Crippen molar-refractivity contribution in [3.8, 4) is 0 Å². The highest BCUT2D eigenvalue weighted by Gasteiger charge is 2.57. The van der Waals surface area contributed by atoms with Gasteiger partial charge in [-0.2, -0.15) is 0 Å². The van der Waals surface area contributed by atoms with Crippen molar-refractivity contribution < 1.29 is 0 Å². The zero-order chi connectivity index (χ0) is 13.0. The van der Waals surface area contributed by atoms with Crippen molar-refractivity contribution >= 4 is 27.6 Å². The molecule has 1 heterocycles. The normalized spacial score (nSPS) is 36.3. The molecule has 0 aromatic heterocycles. The summed E-state index contributed by atoms with van der Waals surface area (Å²) >= 11 is 3.50. The first kappa shape index (κ1) is 11.8. The molecular formula is C15H18BrN3. The molecule has 4 rings (SSSR count). The fourth-order valence-electron chi connectivity index (χ4n) is 4.45. The summed E-state index contributed by atoms with van der Waals surface area (Å²) in [6.07, 6.45) is 5.38. The van der Waals surface area contributed by atoms with Crippen LogP contribution in [-0.2, 0) is 0 Å². The van der Waals surface area contributed by atoms with Crippen molar-refractivity contribution in [1.82, 2.24) is 0 Å². The van der Waals surface area contributed by atoms with Gasteiger partial charge in [-0.1, -0.05) is 15.9 Å². The summed E-state index contributed by atoms with van der Waals surface area (Å²) < 4.78 is 1.10. The van der Waals surface area contributed by atoms with Gasteiger partial charge in [0.2, 0.25) is 0 Å². The Morgan fingerprint density at radius 1 is 1.26 bits per heavy atom. The molecular weight excluding hydrogens is 302 g/mol. The van der Waals surface area contributed by atoms with Gasteiger partial charge < -0.3 is 10.6 Å². The number of nitrogens with two attached hydrogens (primary N) is 1. The molecule has 1 aromatic carbocycles. The Hall–Kier alpha value is -1.03. The highest BCUT2D eigenvalue weighted by atomic mass is 79.9. The van der Waals surface area contributed by atoms with E-state index in [1.165, 1.54) is 31.4 Å². The van der Waals surface area contributed by atoms with Gasteiger partial charge in [0.1, 0.15) is 0 Å². The van der Waals surface area contributed by atoms with Gasteiger partial charge in [-0.3, -0.25) is 4.99 Å². The maximum atomic E-state index is 6.20. The minimum absolute atomic E-state index is 0.181. The second-order valence-corrected chi connectivity index (χ2v) is 7.09. The number of anilines is 1. The van der Waals surface area contributed by atoms with Crippen molar-refractivity contribution in [2.24, 2.45) is 22.6 Å². The Morgan fingerprint density at radius 3 is 2.68 bits per heavy atom. The van der Waals surface area contributed by atoms with Gasteiger partial charge in [0.15, 0.2) is 5.96 Å². The number of halogens is 1. The van der Waals surface area contributed by atoms with E-state index in [9.17, 15) is 0 Å². The average molecular weight is 320 g/mol. The molecule has 2 saturated carbocycles. The Morgan fingerprint density at radius 2 is 2.05 bits per heavy atom. The zero-order valence-corrected chi connectivity index (χ0v) is 12.4. The molecule has 1 spiro atoms. The molecule has 0 radical (unpaired) electrons. The lowest BCUT2D eigenvalue weighted by atomic mass is 9.80. The molecule has 0 saturated heterocycles. The first-order chi connectivity index (χ1) is 9.19. The van der Waals surface area contributed by atoms with Crippen molar-refractivity contribution in [3.05, 3.63) is 28.7 Å². The first-order valence-corrected chi connectivity index (χ1v) is 7.84. The highest BCUT2D eigenvalue weighted by molar-refractivity contribution is 9.10. The van der Waals surface area contributed by atoms with Gasteiger partial charge in [0.25, 0.3) is 0 Å². The number of rotatable bonds is 1. The largest absolute Gasteiger partial charge is 0.369 e. The maximum Gasteiger partial charge on any atom is 0.196 e. The van der Waals surface area contributed by atoms with Crippen molar-refractivity contribution in [1.29, 1.82) is 0 Å². The Kier molecular flexibility index (Phi) is 2.47. The molecule has 2 bridgehead atoms. The Balaban J connectivity index is 1.75. The number of fused-ring (bicyclic) bond motifs is 3. The third kappa shape index (κ3) is 1.59. The molecule has 2 fully saturated rings. The van der Waals surface area contributed by atoms with E-state index >= 15 is 0 Å². The highest BCUT2D eigenvalue weighted by Crippen LogP contribution is 2.55. The van der Waals surface area contributed by atoms with Crippen molar-refractivity contribution in [2.45, 2.75) is 31.2 Å². The molecule has 3 nitrogen and oxygen atoms in total. The molecule has 19 heavy (non-hydrogen) atoms. The third-order valence-corrected chi connectivity index (χ3v) is 5.75. The molecule has 0 amide bonds. The van der Waals surface area contributed by atoms with E-state index in [0.29, 0.717) is 5.96 Å². The third-order valence-electron chi connectivity index (χ3n) is 5.22. The molecule has 3 aliphatic rings. The van der Waals surface area contributed by atoms with Gasteiger partial charge in [0.05, 0.1) is 12.1 Å². The van der Waals surface area contributed by atoms with E-state index in [2.05, 4.69) is 50.1 Å². The van der Waals surface area contributed by atoms with E-state index in [1.807, 2.05) is 0 Å². The summed E-state index contributed by atoms with van der Waals surface area (Å²) in [4.78, 5) is 6.90. The number of nitrogens with zero attached hydrogens (tertiary/aromatic N) is 2. The van der Waals surface area contributed by atoms with E-state index in [1.54, 1.807) is 0 Å². The Labute approximate surface area is 122 Å². The summed E-state index contributed by atoms with van der Waals surface area (Å²) in [5.41, 5.74) is 7.57. The SMILES string of the molecule is NC1=NCC2(CC3CCC2C3)N1c1ccc(Br)cc1. The quantitative estimate of drug-likeness (QED) is 0.864. The van der Waals surface area contributed by atoms with Crippen LogP contribution in [0.3, 0.4) is 0 Å². The minimum Gasteiger partial charge on any atom is -0.369 e. The van der Waals surface area contributed by atoms with E-state index in [0.717, 1.165) is 22.9 Å². The van der Waals surface area contributed by atoms with E-state index < -0.39 is 0 Å². The second kappa shape index (κ2) is 3.98. The van der Waals surface area contributed by atoms with Crippen molar-refractivity contribution in [3.63, 3.8) is 0 Å². The van der Waals surface area contributed by atoms with E-state index in [4.69, 9.17) is 5.73 Å². The van der Waals surface area contributed by atoms with Crippen LogP contribution in [-0.4, -0.2) is 18.0 Å². The standard InChI is InChI=1S/C15H18BrN3/c16-12-3-5-13(6-4-12)19-14(17)18-9-15(19)8-10-1-2-11(15)7-10/h3-6,10-11H,1-2,7-9H2,(H2,17,18). The molecule has 3 atom stereocenters. The molecule has 1 aromatic rings. The van der Waals surface area contributed by atoms with Crippen LogP contribution in [0.5, 0.6) is 0 Å². The van der Waals surface area contributed by atoms with Gasteiger partial charge in [-0.05, 0) is 61.8 Å². The molecule has 4 heteroatoms. The van der Waals surface area contributed by atoms with Crippen LogP contribution >= 0.6 is 15.9 Å². The lowest BCUT2D eigenvalue weighted by Crippen LogP contribution is -2.55.